The largest absolute Gasteiger partial charge is 0.495 e. The molecule has 4 aliphatic rings. The van der Waals surface area contributed by atoms with Crippen LogP contribution in [0.4, 0.5) is 0 Å². The van der Waals surface area contributed by atoms with Crippen LogP contribution in [0.2, 0.25) is 5.02 Å². The molecule has 3 atom stereocenters. The average Bonchev–Trinajstić information content (AvgIpc) is 3.51. The molecule has 0 radical (unpaired) electrons. The Morgan fingerprint density at radius 2 is 2.07 bits per heavy atom. The number of esters is 1. The summed E-state index contributed by atoms with van der Waals surface area (Å²) < 4.78 is 22.4. The summed E-state index contributed by atoms with van der Waals surface area (Å²) in [5.74, 6) is 0.338. The van der Waals surface area contributed by atoms with Gasteiger partial charge in [-0.2, -0.15) is 0 Å². The van der Waals surface area contributed by atoms with Crippen LogP contribution in [0, 0.1) is 11.8 Å². The first-order valence-electron chi connectivity index (χ1n) is 10.4. The Labute approximate surface area is 179 Å². The van der Waals surface area contributed by atoms with E-state index < -0.39 is 5.97 Å². The summed E-state index contributed by atoms with van der Waals surface area (Å²) in [4.78, 5) is 27.8. The second kappa shape index (κ2) is 7.46. The van der Waals surface area contributed by atoms with Gasteiger partial charge in [-0.15, -0.1) is 0 Å². The van der Waals surface area contributed by atoms with Crippen molar-refractivity contribution in [2.24, 2.45) is 11.8 Å². The predicted molar refractivity (Wildman–Crippen MR) is 108 cm³/mol. The maximum atomic E-state index is 13.4. The van der Waals surface area contributed by atoms with Crippen molar-refractivity contribution < 1.29 is 28.5 Å². The van der Waals surface area contributed by atoms with Gasteiger partial charge < -0.3 is 23.8 Å². The highest BCUT2D eigenvalue weighted by atomic mass is 35.5. The first kappa shape index (κ1) is 19.7. The molecule has 0 aromatic heterocycles. The van der Waals surface area contributed by atoms with E-state index in [0.29, 0.717) is 29.7 Å². The highest BCUT2D eigenvalue weighted by molar-refractivity contribution is 6.32. The van der Waals surface area contributed by atoms with Crippen LogP contribution in [0.1, 0.15) is 31.4 Å². The molecule has 1 aromatic carbocycles. The van der Waals surface area contributed by atoms with Crippen LogP contribution in [0.25, 0.3) is 0 Å². The molecular formula is C22H24ClNO6. The van der Waals surface area contributed by atoms with E-state index in [0.717, 1.165) is 18.4 Å². The van der Waals surface area contributed by atoms with Gasteiger partial charge in [0.05, 0.1) is 38.0 Å². The van der Waals surface area contributed by atoms with Crippen LogP contribution in [-0.4, -0.2) is 55.9 Å². The van der Waals surface area contributed by atoms with Crippen LogP contribution < -0.4 is 9.47 Å². The van der Waals surface area contributed by atoms with E-state index in [9.17, 15) is 9.59 Å². The van der Waals surface area contributed by atoms with E-state index in [2.05, 4.69) is 0 Å². The summed E-state index contributed by atoms with van der Waals surface area (Å²) in [5, 5.41) is 0.465. The third-order valence-electron chi connectivity index (χ3n) is 6.30. The lowest BCUT2D eigenvalue weighted by Crippen LogP contribution is -2.55. The molecular weight excluding hydrogens is 410 g/mol. The lowest BCUT2D eigenvalue weighted by Gasteiger charge is -2.49. The number of nitrogens with zero attached hydrogens (tertiary/aromatic N) is 1. The Balaban J connectivity index is 1.65. The number of amides is 1. The summed E-state index contributed by atoms with van der Waals surface area (Å²) in [6.45, 7) is 3.13. The van der Waals surface area contributed by atoms with Crippen LogP contribution >= 0.6 is 11.6 Å². The quantitative estimate of drug-likeness (QED) is 0.525. The van der Waals surface area contributed by atoms with Crippen LogP contribution in [0.5, 0.6) is 11.5 Å². The van der Waals surface area contributed by atoms with Gasteiger partial charge in [0.15, 0.2) is 0 Å². The number of hydrogen-bond donors (Lipinski definition) is 0. The molecule has 1 saturated heterocycles. The maximum absolute atomic E-state index is 13.4. The van der Waals surface area contributed by atoms with Gasteiger partial charge in [-0.1, -0.05) is 17.7 Å². The van der Waals surface area contributed by atoms with Gasteiger partial charge in [0, 0.05) is 29.5 Å². The smallest absolute Gasteiger partial charge is 0.343 e. The summed E-state index contributed by atoms with van der Waals surface area (Å²) in [5.41, 5.74) is 0.948. The van der Waals surface area contributed by atoms with Crippen molar-refractivity contribution in [2.45, 2.75) is 38.0 Å². The number of ether oxygens (including phenoxy) is 4. The summed E-state index contributed by atoms with van der Waals surface area (Å²) in [6.07, 6.45) is 3.37. The molecule has 1 saturated carbocycles. The SMILES string of the molecule is CCOC(=O)C1=CC2C(C3COC3)Oc3cc(OC)c(Cl)cc3C2N(C2CC2)C1=O. The minimum absolute atomic E-state index is 0.0990. The molecule has 3 aliphatic heterocycles. The molecule has 1 amide bonds. The summed E-state index contributed by atoms with van der Waals surface area (Å²) >= 11 is 6.44. The zero-order valence-electron chi connectivity index (χ0n) is 16.9. The highest BCUT2D eigenvalue weighted by Crippen LogP contribution is 2.53. The van der Waals surface area contributed by atoms with Crippen LogP contribution in [-0.2, 0) is 19.1 Å². The average molecular weight is 434 g/mol. The lowest BCUT2D eigenvalue weighted by atomic mass is 9.75. The van der Waals surface area contributed by atoms with E-state index in [1.807, 2.05) is 11.0 Å². The third kappa shape index (κ3) is 3.06. The van der Waals surface area contributed by atoms with Gasteiger partial charge in [-0.25, -0.2) is 4.79 Å². The van der Waals surface area contributed by atoms with Gasteiger partial charge in [0.2, 0.25) is 0 Å². The molecule has 1 aromatic rings. The van der Waals surface area contributed by atoms with Gasteiger partial charge in [0.25, 0.3) is 5.91 Å². The molecule has 8 heteroatoms. The summed E-state index contributed by atoms with van der Waals surface area (Å²) in [7, 11) is 1.56. The number of rotatable bonds is 5. The normalized spacial score (nSPS) is 28.0. The van der Waals surface area contributed by atoms with Crippen molar-refractivity contribution >= 4 is 23.5 Å². The molecule has 5 rings (SSSR count). The van der Waals surface area contributed by atoms with Crippen LogP contribution in [0.3, 0.4) is 0 Å². The number of fused-ring (bicyclic) bond motifs is 3. The molecule has 7 nitrogen and oxygen atoms in total. The monoisotopic (exact) mass is 433 g/mol. The minimum Gasteiger partial charge on any atom is -0.495 e. The molecule has 3 heterocycles. The predicted octanol–water partition coefficient (Wildman–Crippen LogP) is 2.91. The Hall–Kier alpha value is -2.25. The van der Waals surface area contributed by atoms with Gasteiger partial charge >= 0.3 is 5.97 Å². The molecule has 3 unspecified atom stereocenters. The second-order valence-electron chi connectivity index (χ2n) is 8.17. The topological polar surface area (TPSA) is 74.3 Å². The van der Waals surface area contributed by atoms with Gasteiger partial charge in [-0.05, 0) is 25.8 Å². The molecule has 30 heavy (non-hydrogen) atoms. The Kier molecular flexibility index (Phi) is 4.90. The van der Waals surface area contributed by atoms with Crippen molar-refractivity contribution in [3.63, 3.8) is 0 Å². The number of carbonyl (C=O) groups is 2. The number of benzene rings is 1. The fourth-order valence-electron chi connectivity index (χ4n) is 4.67. The fraction of sp³-hybridized carbons (Fsp3) is 0.545. The number of halogens is 1. The zero-order chi connectivity index (χ0) is 21.0. The molecule has 1 aliphatic carbocycles. The lowest BCUT2D eigenvalue weighted by molar-refractivity contribution is -0.147. The first-order valence-corrected chi connectivity index (χ1v) is 10.7. The molecule has 0 N–H and O–H groups in total. The van der Waals surface area contributed by atoms with Gasteiger partial charge in [-0.3, -0.25) is 4.79 Å². The Morgan fingerprint density at radius 3 is 2.67 bits per heavy atom. The van der Waals surface area contributed by atoms with E-state index in [1.54, 1.807) is 26.2 Å². The van der Waals surface area contributed by atoms with E-state index in [4.69, 9.17) is 30.5 Å². The molecule has 0 spiro atoms. The van der Waals surface area contributed by atoms with Crippen molar-refractivity contribution in [3.8, 4) is 11.5 Å². The number of carbonyl (C=O) groups excluding carboxylic acids is 2. The van der Waals surface area contributed by atoms with Crippen molar-refractivity contribution in [2.75, 3.05) is 26.9 Å². The maximum Gasteiger partial charge on any atom is 0.343 e. The third-order valence-corrected chi connectivity index (χ3v) is 6.59. The zero-order valence-corrected chi connectivity index (χ0v) is 17.7. The van der Waals surface area contributed by atoms with Crippen LogP contribution in [0.15, 0.2) is 23.8 Å². The van der Waals surface area contributed by atoms with E-state index in [-0.39, 0.29) is 48.1 Å². The Bertz CT molecular complexity index is 922. The second-order valence-corrected chi connectivity index (χ2v) is 8.58. The fourth-order valence-corrected chi connectivity index (χ4v) is 4.92. The Morgan fingerprint density at radius 1 is 1.30 bits per heavy atom. The van der Waals surface area contributed by atoms with Crippen molar-refractivity contribution in [1.29, 1.82) is 0 Å². The van der Waals surface area contributed by atoms with E-state index in [1.165, 1.54) is 0 Å². The summed E-state index contributed by atoms with van der Waals surface area (Å²) in [6, 6.07) is 3.47. The highest BCUT2D eigenvalue weighted by Gasteiger charge is 2.53. The standard InChI is InChI=1S/C22H24ClNO6/c1-3-29-22(26)15-6-14-19(24(21(15)25)12-4-5-12)13-7-16(23)18(27-2)8-17(13)30-20(14)11-9-28-10-11/h6-8,11-12,14,19-20H,3-5,9-10H2,1-2H3. The number of methoxy groups -OCH3 is 1. The first-order chi connectivity index (χ1) is 14.5. The van der Waals surface area contributed by atoms with Gasteiger partial charge in [0.1, 0.15) is 23.2 Å². The van der Waals surface area contributed by atoms with Crippen molar-refractivity contribution in [3.05, 3.63) is 34.4 Å². The minimum atomic E-state index is -0.575. The van der Waals surface area contributed by atoms with E-state index >= 15 is 0 Å². The molecule has 160 valence electrons. The molecule has 2 fully saturated rings. The van der Waals surface area contributed by atoms with Crippen molar-refractivity contribution in [1.82, 2.24) is 4.90 Å². The number of hydrogen-bond acceptors (Lipinski definition) is 6. The molecule has 0 bridgehead atoms.